The standard InChI is InChI=1S/C17H33NO10/c1-2-5-18-6-3-4-9(21)12(23)16(10(22)7-19)28-17-15(26)14(25)13(24)11(8-20)27-17/h2,9-26H,1,3-8H2/t9?,10?,11?,12?,13?,14?,15?,16-,17+/m1/s1. The number of nitrogens with one attached hydrogen (secondary N) is 1. The maximum atomic E-state index is 10.4. The zero-order valence-corrected chi connectivity index (χ0v) is 15.6. The highest BCUT2D eigenvalue weighted by Gasteiger charge is 2.46. The van der Waals surface area contributed by atoms with Gasteiger partial charge in [0.2, 0.25) is 0 Å². The summed E-state index contributed by atoms with van der Waals surface area (Å²) in [4.78, 5) is 0. The van der Waals surface area contributed by atoms with Crippen molar-refractivity contribution in [3.8, 4) is 0 Å². The molecule has 0 bridgehead atoms. The van der Waals surface area contributed by atoms with Gasteiger partial charge in [-0.15, -0.1) is 6.58 Å². The molecule has 7 unspecified atom stereocenters. The number of hydrogen-bond donors (Lipinski definition) is 9. The van der Waals surface area contributed by atoms with Gasteiger partial charge >= 0.3 is 0 Å². The summed E-state index contributed by atoms with van der Waals surface area (Å²) in [5, 5.41) is 81.6. The Balaban J connectivity index is 2.74. The molecule has 1 aliphatic rings. The summed E-state index contributed by atoms with van der Waals surface area (Å²) in [5.41, 5.74) is 0. The lowest BCUT2D eigenvalue weighted by atomic mass is 9.97. The maximum Gasteiger partial charge on any atom is 0.187 e. The average Bonchev–Trinajstić information content (AvgIpc) is 2.70. The third-order valence-electron chi connectivity index (χ3n) is 4.58. The first-order valence-corrected chi connectivity index (χ1v) is 9.21. The van der Waals surface area contributed by atoms with E-state index in [9.17, 15) is 40.9 Å². The van der Waals surface area contributed by atoms with Gasteiger partial charge in [0.15, 0.2) is 6.29 Å². The smallest absolute Gasteiger partial charge is 0.187 e. The third-order valence-corrected chi connectivity index (χ3v) is 4.58. The molecule has 0 aromatic rings. The van der Waals surface area contributed by atoms with Crippen molar-refractivity contribution >= 4 is 0 Å². The summed E-state index contributed by atoms with van der Waals surface area (Å²) in [5.74, 6) is 0. The molecule has 9 N–H and O–H groups in total. The fourth-order valence-electron chi connectivity index (χ4n) is 2.87. The van der Waals surface area contributed by atoms with E-state index in [1.807, 2.05) is 0 Å². The van der Waals surface area contributed by atoms with E-state index in [4.69, 9.17) is 9.47 Å². The Hall–Kier alpha value is -0.700. The number of ether oxygens (including phenoxy) is 2. The Morgan fingerprint density at radius 3 is 2.29 bits per heavy atom. The van der Waals surface area contributed by atoms with Crippen LogP contribution in [0.2, 0.25) is 0 Å². The van der Waals surface area contributed by atoms with Crippen LogP contribution >= 0.6 is 0 Å². The Kier molecular flexibility index (Phi) is 11.6. The lowest BCUT2D eigenvalue weighted by molar-refractivity contribution is -0.327. The van der Waals surface area contributed by atoms with Gasteiger partial charge in [-0.25, -0.2) is 0 Å². The molecule has 1 saturated heterocycles. The van der Waals surface area contributed by atoms with Gasteiger partial charge in [-0.3, -0.25) is 0 Å². The lowest BCUT2D eigenvalue weighted by Gasteiger charge is -2.42. The molecule has 0 saturated carbocycles. The average molecular weight is 411 g/mol. The van der Waals surface area contributed by atoms with Crippen molar-refractivity contribution in [3.05, 3.63) is 12.7 Å². The fourth-order valence-corrected chi connectivity index (χ4v) is 2.87. The van der Waals surface area contributed by atoms with Gasteiger partial charge < -0.3 is 55.6 Å². The van der Waals surface area contributed by atoms with E-state index in [-0.39, 0.29) is 6.42 Å². The van der Waals surface area contributed by atoms with Gasteiger partial charge in [-0.1, -0.05) is 6.08 Å². The van der Waals surface area contributed by atoms with E-state index in [1.165, 1.54) is 0 Å². The summed E-state index contributed by atoms with van der Waals surface area (Å²) < 4.78 is 10.5. The van der Waals surface area contributed by atoms with Crippen LogP contribution in [0.4, 0.5) is 0 Å². The van der Waals surface area contributed by atoms with E-state index in [1.54, 1.807) is 6.08 Å². The van der Waals surface area contributed by atoms with Crippen LogP contribution in [-0.4, -0.2) is 122 Å². The van der Waals surface area contributed by atoms with Crippen molar-refractivity contribution in [2.24, 2.45) is 0 Å². The van der Waals surface area contributed by atoms with E-state index in [0.29, 0.717) is 19.5 Å². The Morgan fingerprint density at radius 1 is 1.04 bits per heavy atom. The van der Waals surface area contributed by atoms with Crippen LogP contribution in [-0.2, 0) is 9.47 Å². The fraction of sp³-hybridized carbons (Fsp3) is 0.882. The zero-order chi connectivity index (χ0) is 21.3. The Morgan fingerprint density at radius 2 is 1.71 bits per heavy atom. The normalized spacial score (nSPS) is 32.5. The van der Waals surface area contributed by atoms with Crippen molar-refractivity contribution < 1.29 is 50.3 Å². The van der Waals surface area contributed by atoms with Gasteiger partial charge in [0, 0.05) is 6.54 Å². The minimum atomic E-state index is -1.75. The predicted octanol–water partition coefficient (Wildman–Crippen LogP) is -4.20. The number of aliphatic hydroxyl groups excluding tert-OH is 8. The topological polar surface area (TPSA) is 192 Å². The molecule has 9 atom stereocenters. The monoisotopic (exact) mass is 411 g/mol. The van der Waals surface area contributed by atoms with Gasteiger partial charge in [-0.2, -0.15) is 0 Å². The van der Waals surface area contributed by atoms with E-state index >= 15 is 0 Å². The second kappa shape index (κ2) is 12.8. The molecular formula is C17H33NO10. The highest BCUT2D eigenvalue weighted by molar-refractivity contribution is 4.91. The first kappa shape index (κ1) is 25.3. The van der Waals surface area contributed by atoms with Crippen LogP contribution in [0.1, 0.15) is 12.8 Å². The summed E-state index contributed by atoms with van der Waals surface area (Å²) in [6.45, 7) is 3.20. The highest BCUT2D eigenvalue weighted by Crippen LogP contribution is 2.25. The quantitative estimate of drug-likeness (QED) is 0.105. The number of aliphatic hydroxyl groups is 8. The lowest BCUT2D eigenvalue weighted by Crippen LogP contribution is -2.61. The Labute approximate surface area is 163 Å². The van der Waals surface area contributed by atoms with Crippen LogP contribution in [0.3, 0.4) is 0 Å². The first-order valence-electron chi connectivity index (χ1n) is 9.21. The number of rotatable bonds is 13. The molecule has 0 amide bonds. The van der Waals surface area contributed by atoms with Gasteiger partial charge in [0.1, 0.15) is 42.7 Å². The van der Waals surface area contributed by atoms with Crippen molar-refractivity contribution in [2.45, 2.75) is 68.0 Å². The van der Waals surface area contributed by atoms with Gasteiger partial charge in [0.25, 0.3) is 0 Å². The SMILES string of the molecule is C=CCNCCCC(O)C(O)[C@H](O[C@@H]1OC(CO)C(O)C(O)C1O)C(O)CO. The summed E-state index contributed by atoms with van der Waals surface area (Å²) in [7, 11) is 0. The molecule has 1 rings (SSSR count). The molecule has 0 spiro atoms. The van der Waals surface area contributed by atoms with Crippen molar-refractivity contribution in [1.82, 2.24) is 5.32 Å². The molecule has 1 heterocycles. The molecule has 0 aromatic carbocycles. The van der Waals surface area contributed by atoms with Gasteiger partial charge in [0.05, 0.1) is 19.3 Å². The van der Waals surface area contributed by atoms with Crippen LogP contribution in [0.15, 0.2) is 12.7 Å². The summed E-state index contributed by atoms with van der Waals surface area (Å²) in [6, 6.07) is 0. The predicted molar refractivity (Wildman–Crippen MR) is 96.0 cm³/mol. The molecule has 11 nitrogen and oxygen atoms in total. The molecule has 28 heavy (non-hydrogen) atoms. The summed E-state index contributed by atoms with van der Waals surface area (Å²) >= 11 is 0. The summed E-state index contributed by atoms with van der Waals surface area (Å²) in [6.07, 6.45) is -11.8. The minimum absolute atomic E-state index is 0.151. The zero-order valence-electron chi connectivity index (χ0n) is 15.6. The molecule has 11 heteroatoms. The molecular weight excluding hydrogens is 378 g/mol. The van der Waals surface area contributed by atoms with Gasteiger partial charge in [-0.05, 0) is 19.4 Å². The van der Waals surface area contributed by atoms with Crippen molar-refractivity contribution in [1.29, 1.82) is 0 Å². The van der Waals surface area contributed by atoms with E-state index < -0.39 is 68.3 Å². The maximum absolute atomic E-state index is 10.4. The molecule has 1 fully saturated rings. The largest absolute Gasteiger partial charge is 0.394 e. The molecule has 1 aliphatic heterocycles. The van der Waals surface area contributed by atoms with Crippen LogP contribution < -0.4 is 5.32 Å². The second-order valence-electron chi connectivity index (χ2n) is 6.74. The first-order chi connectivity index (χ1) is 13.3. The van der Waals surface area contributed by atoms with E-state index in [2.05, 4.69) is 11.9 Å². The van der Waals surface area contributed by atoms with Crippen LogP contribution in [0, 0.1) is 0 Å². The third kappa shape index (κ3) is 6.97. The number of hydrogen-bond acceptors (Lipinski definition) is 11. The Bertz CT molecular complexity index is 440. The van der Waals surface area contributed by atoms with Crippen LogP contribution in [0.5, 0.6) is 0 Å². The molecule has 0 aliphatic carbocycles. The molecule has 0 radical (unpaired) electrons. The second-order valence-corrected chi connectivity index (χ2v) is 6.74. The van der Waals surface area contributed by atoms with Crippen molar-refractivity contribution in [3.63, 3.8) is 0 Å². The molecule has 166 valence electrons. The van der Waals surface area contributed by atoms with E-state index in [0.717, 1.165) is 0 Å². The minimum Gasteiger partial charge on any atom is -0.394 e. The molecule has 0 aromatic heterocycles. The highest BCUT2D eigenvalue weighted by atomic mass is 16.7. The van der Waals surface area contributed by atoms with Crippen LogP contribution in [0.25, 0.3) is 0 Å². The van der Waals surface area contributed by atoms with Crippen molar-refractivity contribution in [2.75, 3.05) is 26.3 Å².